The van der Waals surface area contributed by atoms with Crippen LogP contribution in [0.1, 0.15) is 376 Å². The highest BCUT2D eigenvalue weighted by Crippen LogP contribution is 2.62. The number of hydrogen-bond donors (Lipinski definition) is 0. The molecule has 0 aromatic carbocycles. The molecule has 12 aliphatic carbocycles. The van der Waals surface area contributed by atoms with E-state index in [1.807, 2.05) is 20.8 Å². The Kier molecular flexibility index (Phi) is 23.6. The summed E-state index contributed by atoms with van der Waals surface area (Å²) in [6, 6.07) is 0. The molecule has 0 aliphatic heterocycles. The van der Waals surface area contributed by atoms with Crippen molar-refractivity contribution in [3.8, 4) is 0 Å². The van der Waals surface area contributed by atoms with Crippen molar-refractivity contribution in [1.82, 2.24) is 0 Å². The van der Waals surface area contributed by atoms with Crippen LogP contribution in [-0.2, 0) is 0 Å². The van der Waals surface area contributed by atoms with Crippen LogP contribution in [0.3, 0.4) is 0 Å². The third kappa shape index (κ3) is 21.8. The first-order valence-electron chi connectivity index (χ1n) is 34.6. The summed E-state index contributed by atoms with van der Waals surface area (Å²) in [5.74, 6) is 7.25. The molecular formula is C74H140. The molecule has 4 spiro atoms. The van der Waals surface area contributed by atoms with Gasteiger partial charge in [-0.25, -0.2) is 0 Å². The second kappa shape index (κ2) is 27.6. The molecule has 0 aromatic heterocycles. The average molecular weight is 1030 g/mol. The normalized spacial score (nSPS) is 33.5. The van der Waals surface area contributed by atoms with Gasteiger partial charge in [0, 0.05) is 1.37 Å². The van der Waals surface area contributed by atoms with Gasteiger partial charge in [-0.2, -0.15) is 0 Å². The van der Waals surface area contributed by atoms with E-state index in [2.05, 4.69) is 104 Å². The molecule has 74 heavy (non-hydrogen) atoms. The van der Waals surface area contributed by atoms with Crippen LogP contribution in [0.4, 0.5) is 0 Å². The van der Waals surface area contributed by atoms with Gasteiger partial charge in [0.05, 0.1) is 0 Å². The largest absolute Gasteiger partial charge is 0.0649 e. The Labute approximate surface area is 470 Å². The van der Waals surface area contributed by atoms with Gasteiger partial charge < -0.3 is 0 Å². The Morgan fingerprint density at radius 2 is 0.635 bits per heavy atom. The quantitative estimate of drug-likeness (QED) is 0.246. The van der Waals surface area contributed by atoms with Gasteiger partial charge in [0.15, 0.2) is 0 Å². The van der Waals surface area contributed by atoms with Crippen LogP contribution >= 0.6 is 0 Å². The maximum Gasteiger partial charge on any atom is 0.0294 e. The first kappa shape index (κ1) is 63.2. The molecule has 0 amide bonds. The fourth-order valence-electron chi connectivity index (χ4n) is 19.5. The van der Waals surface area contributed by atoms with Crippen LogP contribution in [-0.4, -0.2) is 0 Å². The minimum atomic E-state index is -0.250. The van der Waals surface area contributed by atoms with Crippen LogP contribution in [0, 0.1) is 96.1 Å². The molecule has 0 aromatic rings. The van der Waals surface area contributed by atoms with Gasteiger partial charge in [0.1, 0.15) is 0 Å². The minimum absolute atomic E-state index is 0.250. The first-order valence-corrected chi connectivity index (χ1v) is 34.1. The summed E-state index contributed by atoms with van der Waals surface area (Å²) in [6.07, 6.45) is 59.5. The molecule has 12 aliphatic rings. The van der Waals surface area contributed by atoms with E-state index in [9.17, 15) is 0 Å². The predicted molar refractivity (Wildman–Crippen MR) is 332 cm³/mol. The molecule has 0 saturated heterocycles. The lowest BCUT2D eigenvalue weighted by molar-refractivity contribution is -0.0545. The maximum atomic E-state index is 6.94. The Morgan fingerprint density at radius 1 is 0.378 bits per heavy atom. The van der Waals surface area contributed by atoms with Crippen molar-refractivity contribution in [1.29, 1.82) is 0 Å². The van der Waals surface area contributed by atoms with Crippen molar-refractivity contribution in [3.63, 3.8) is 0 Å². The molecular weight excluding hydrogens is 889 g/mol. The molecule has 436 valence electrons. The van der Waals surface area contributed by atoms with Crippen LogP contribution in [0.25, 0.3) is 0 Å². The van der Waals surface area contributed by atoms with E-state index >= 15 is 0 Å². The average Bonchev–Trinajstić information content (AvgIpc) is 3.76. The summed E-state index contributed by atoms with van der Waals surface area (Å²) in [7, 11) is 0. The van der Waals surface area contributed by atoms with E-state index in [4.69, 9.17) is 1.37 Å². The van der Waals surface area contributed by atoms with Gasteiger partial charge in [-0.15, -0.1) is 0 Å². The Bertz CT molecular complexity index is 1490. The number of hydrogen-bond acceptors (Lipinski definition) is 0. The fourth-order valence-corrected chi connectivity index (χ4v) is 19.5. The smallest absolute Gasteiger partial charge is 0.0294 e. The standard InChI is InChI=1S/C16H30.C14H26.C12H20.C12H22.C11H20.C5H12.C4H10/c1-13-6-8-16(9-7-13)11-14(2,3)10-15(4,5)12-16;1-12-4-6-14(7-5-12)10-8-13(2,3)9-11-14;1-2-12-6-9-3-10(7-12)5-11(4-9)8-12;1-11-5-9-12(10-6-11)7-3-2-4-8-12;1-10-4-8-11(9-5-10)6-2-3-7-11;1-5(2,3)4;1-4(2)3/h13H,6-12H2,1-5H3;12H,4-11H2,1-3H3;9-11H,2-8H2,1H3;11H,2-10H2,1H3;10H,2-9H2,1H3;1-4H3;4H,1-3H3/i;;;;;;4D. The summed E-state index contributed by atoms with van der Waals surface area (Å²) in [4.78, 5) is 0. The third-order valence-electron chi connectivity index (χ3n) is 23.2. The zero-order valence-electron chi connectivity index (χ0n) is 55.6. The zero-order valence-corrected chi connectivity index (χ0v) is 54.6. The van der Waals surface area contributed by atoms with Gasteiger partial charge in [0.2, 0.25) is 0 Å². The molecule has 12 saturated carbocycles. The Hall–Kier alpha value is 0. The Balaban J connectivity index is 0.000000166. The first-order chi connectivity index (χ1) is 34.6. The van der Waals surface area contributed by atoms with Gasteiger partial charge in [-0.05, 0) is 257 Å². The van der Waals surface area contributed by atoms with E-state index in [0.717, 1.165) is 63.1 Å². The van der Waals surface area contributed by atoms with Crippen molar-refractivity contribution in [2.75, 3.05) is 0 Å². The highest BCUT2D eigenvalue weighted by molar-refractivity contribution is 5.01. The van der Waals surface area contributed by atoms with Crippen molar-refractivity contribution in [2.45, 2.75) is 375 Å². The lowest BCUT2D eigenvalue weighted by Crippen LogP contribution is -2.45. The van der Waals surface area contributed by atoms with E-state index in [0.29, 0.717) is 27.1 Å². The van der Waals surface area contributed by atoms with Crippen LogP contribution in [0.5, 0.6) is 0 Å². The molecule has 0 atom stereocenters. The predicted octanol–water partition coefficient (Wildman–Crippen LogP) is 25.4. The summed E-state index contributed by atoms with van der Waals surface area (Å²) in [6.45, 7) is 41.3. The van der Waals surface area contributed by atoms with Gasteiger partial charge in [-0.1, -0.05) is 215 Å². The van der Waals surface area contributed by atoms with Gasteiger partial charge >= 0.3 is 0 Å². The van der Waals surface area contributed by atoms with E-state index < -0.39 is 0 Å². The lowest BCUT2D eigenvalue weighted by Gasteiger charge is -2.56. The molecule has 0 unspecified atom stereocenters. The van der Waals surface area contributed by atoms with Crippen LogP contribution in [0.2, 0.25) is 0 Å². The molecule has 12 rings (SSSR count). The van der Waals surface area contributed by atoms with Crippen LogP contribution < -0.4 is 0 Å². The minimum Gasteiger partial charge on any atom is -0.0649 e. The number of rotatable bonds is 1. The van der Waals surface area contributed by atoms with Gasteiger partial charge in [0.25, 0.3) is 0 Å². The van der Waals surface area contributed by atoms with Gasteiger partial charge in [-0.3, -0.25) is 0 Å². The summed E-state index contributed by atoms with van der Waals surface area (Å²) in [5.41, 5.74) is 6.32. The van der Waals surface area contributed by atoms with Crippen LogP contribution in [0.15, 0.2) is 0 Å². The second-order valence-electron chi connectivity index (χ2n) is 35.8. The second-order valence-corrected chi connectivity index (χ2v) is 35.8. The third-order valence-corrected chi connectivity index (χ3v) is 23.2. The highest BCUT2D eigenvalue weighted by Gasteiger charge is 2.50. The molecule has 12 fully saturated rings. The fraction of sp³-hybridized carbons (Fsp3) is 1.00. The highest BCUT2D eigenvalue weighted by atomic mass is 14.6. The Morgan fingerprint density at radius 3 is 0.919 bits per heavy atom. The van der Waals surface area contributed by atoms with Crippen molar-refractivity contribution >= 4 is 0 Å². The molecule has 0 nitrogen and oxygen atoms in total. The monoisotopic (exact) mass is 1030 g/mol. The maximum absolute atomic E-state index is 6.94. The van der Waals surface area contributed by atoms with E-state index in [-0.39, 0.29) is 5.89 Å². The van der Waals surface area contributed by atoms with Crippen molar-refractivity contribution in [2.24, 2.45) is 96.1 Å². The molecule has 0 heteroatoms. The lowest BCUT2D eigenvalue weighted by atomic mass is 9.49. The SMILES string of the molecule is CC(C)(C)C.CC1CCC2(CC1)CC(C)(C)CC(C)(C)C2.CC1CCC2(CC1)CCC(C)(C)CC2.CC1CCC2(CCCC2)CC1.CC1CCC2(CCCCC2)CC1.CCC12CC3CC(CC(C3)C1)C2.[2H]C(C)(C)C. The van der Waals surface area contributed by atoms with E-state index in [1.165, 1.54) is 161 Å². The molecule has 0 N–H and O–H groups in total. The molecule has 0 heterocycles. The summed E-state index contributed by atoms with van der Waals surface area (Å²) < 4.78 is 6.94. The summed E-state index contributed by atoms with van der Waals surface area (Å²) in [5, 5.41) is 0. The topological polar surface area (TPSA) is 0 Å². The molecule has 4 bridgehead atoms. The molecule has 0 radical (unpaired) electrons. The summed E-state index contributed by atoms with van der Waals surface area (Å²) >= 11 is 0. The van der Waals surface area contributed by atoms with E-state index in [1.54, 1.807) is 89.9 Å². The zero-order chi connectivity index (χ0) is 55.6. The van der Waals surface area contributed by atoms with Crippen molar-refractivity contribution in [3.05, 3.63) is 0 Å². The van der Waals surface area contributed by atoms with Crippen molar-refractivity contribution < 1.29 is 1.37 Å².